The maximum absolute atomic E-state index is 12.2. The van der Waals surface area contributed by atoms with Crippen molar-refractivity contribution < 1.29 is 14.6 Å². The summed E-state index contributed by atoms with van der Waals surface area (Å²) in [4.78, 5) is 16.2. The van der Waals surface area contributed by atoms with E-state index in [-0.39, 0.29) is 12.7 Å². The fourth-order valence-corrected chi connectivity index (χ4v) is 2.86. The van der Waals surface area contributed by atoms with Crippen LogP contribution in [0, 0.1) is 5.92 Å². The van der Waals surface area contributed by atoms with Gasteiger partial charge in [-0.1, -0.05) is 30.3 Å². The van der Waals surface area contributed by atoms with Gasteiger partial charge in [0.05, 0.1) is 6.61 Å². The third-order valence-corrected chi connectivity index (χ3v) is 4.11. The first kappa shape index (κ1) is 16.8. The van der Waals surface area contributed by atoms with Gasteiger partial charge < -0.3 is 19.6 Å². The maximum Gasteiger partial charge on any atom is 0.410 e. The summed E-state index contributed by atoms with van der Waals surface area (Å²) in [6.45, 7) is 6.55. The normalized spacial score (nSPS) is 18.4. The Hall–Kier alpha value is -1.59. The highest BCUT2D eigenvalue weighted by atomic mass is 16.6. The highest BCUT2D eigenvalue weighted by Crippen LogP contribution is 2.17. The second-order valence-corrected chi connectivity index (χ2v) is 5.76. The molecule has 1 aromatic rings. The quantitative estimate of drug-likeness (QED) is 0.837. The largest absolute Gasteiger partial charge is 0.445 e. The molecule has 1 heterocycles. The number of carbonyl (C=O) groups excluding carboxylic acids is 1. The number of aliphatic hydroxyl groups excluding tert-OH is 1. The lowest BCUT2D eigenvalue weighted by Crippen LogP contribution is -2.36. The van der Waals surface area contributed by atoms with Gasteiger partial charge in [-0.05, 0) is 31.4 Å². The molecule has 1 aliphatic rings. The van der Waals surface area contributed by atoms with Crippen LogP contribution >= 0.6 is 0 Å². The lowest BCUT2D eigenvalue weighted by Gasteiger charge is -2.24. The summed E-state index contributed by atoms with van der Waals surface area (Å²) in [5.41, 5.74) is 1.00. The summed E-state index contributed by atoms with van der Waals surface area (Å²) in [6.07, 6.45) is 0.828. The number of rotatable bonds is 7. The van der Waals surface area contributed by atoms with Gasteiger partial charge in [0, 0.05) is 26.2 Å². The fourth-order valence-electron chi connectivity index (χ4n) is 2.86. The van der Waals surface area contributed by atoms with E-state index < -0.39 is 0 Å². The molecule has 0 radical (unpaired) electrons. The SMILES string of the molecule is CCN(C[C@H]1CCN(CCO)C1)C(=O)OCc1ccccc1. The topological polar surface area (TPSA) is 53.0 Å². The lowest BCUT2D eigenvalue weighted by molar-refractivity contribution is 0.0922. The van der Waals surface area contributed by atoms with Crippen LogP contribution in [0.1, 0.15) is 18.9 Å². The van der Waals surface area contributed by atoms with E-state index in [9.17, 15) is 4.79 Å². The summed E-state index contributed by atoms with van der Waals surface area (Å²) in [5.74, 6) is 0.468. The Kier molecular flexibility index (Phi) is 6.68. The number of hydrogen-bond donors (Lipinski definition) is 1. The van der Waals surface area contributed by atoms with Crippen molar-refractivity contribution >= 4 is 6.09 Å². The third kappa shape index (κ3) is 5.00. The average molecular weight is 306 g/mol. The Morgan fingerprint density at radius 1 is 1.41 bits per heavy atom. The van der Waals surface area contributed by atoms with Crippen molar-refractivity contribution in [2.24, 2.45) is 5.92 Å². The van der Waals surface area contributed by atoms with Crippen molar-refractivity contribution in [3.63, 3.8) is 0 Å². The Morgan fingerprint density at radius 3 is 2.86 bits per heavy atom. The first-order valence-electron chi connectivity index (χ1n) is 8.01. The second kappa shape index (κ2) is 8.76. The minimum Gasteiger partial charge on any atom is -0.445 e. The van der Waals surface area contributed by atoms with Gasteiger partial charge in [0.25, 0.3) is 0 Å². The number of ether oxygens (including phenoxy) is 1. The summed E-state index contributed by atoms with van der Waals surface area (Å²) in [5, 5.41) is 8.98. The predicted octanol–water partition coefficient (Wildman–Crippen LogP) is 1.96. The van der Waals surface area contributed by atoms with Gasteiger partial charge in [-0.25, -0.2) is 4.79 Å². The van der Waals surface area contributed by atoms with Crippen LogP contribution in [0.15, 0.2) is 30.3 Å². The Balaban J connectivity index is 1.77. The monoisotopic (exact) mass is 306 g/mol. The minimum atomic E-state index is -0.244. The van der Waals surface area contributed by atoms with Crippen molar-refractivity contribution in [2.45, 2.75) is 20.0 Å². The van der Waals surface area contributed by atoms with Gasteiger partial charge >= 0.3 is 6.09 Å². The first-order chi connectivity index (χ1) is 10.7. The zero-order chi connectivity index (χ0) is 15.8. The van der Waals surface area contributed by atoms with Gasteiger partial charge in [0.15, 0.2) is 0 Å². The first-order valence-corrected chi connectivity index (χ1v) is 8.01. The van der Waals surface area contributed by atoms with E-state index in [4.69, 9.17) is 9.84 Å². The summed E-state index contributed by atoms with van der Waals surface area (Å²) in [6, 6.07) is 9.73. The van der Waals surface area contributed by atoms with E-state index in [2.05, 4.69) is 4.90 Å². The van der Waals surface area contributed by atoms with E-state index in [1.54, 1.807) is 4.90 Å². The van der Waals surface area contributed by atoms with E-state index in [0.29, 0.717) is 19.1 Å². The number of carbonyl (C=O) groups is 1. The average Bonchev–Trinajstić information content (AvgIpc) is 2.99. The molecule has 0 aliphatic carbocycles. The van der Waals surface area contributed by atoms with Crippen LogP contribution < -0.4 is 0 Å². The predicted molar refractivity (Wildman–Crippen MR) is 85.5 cm³/mol. The van der Waals surface area contributed by atoms with Crippen molar-refractivity contribution in [3.8, 4) is 0 Å². The molecule has 1 amide bonds. The van der Waals surface area contributed by atoms with Crippen LogP contribution in [-0.4, -0.2) is 60.3 Å². The molecule has 22 heavy (non-hydrogen) atoms. The van der Waals surface area contributed by atoms with E-state index in [1.807, 2.05) is 37.3 Å². The molecule has 1 saturated heterocycles. The van der Waals surface area contributed by atoms with Gasteiger partial charge in [-0.15, -0.1) is 0 Å². The molecule has 5 heteroatoms. The summed E-state index contributed by atoms with van der Waals surface area (Å²) in [7, 11) is 0. The summed E-state index contributed by atoms with van der Waals surface area (Å²) < 4.78 is 5.40. The molecule has 1 aromatic carbocycles. The molecular weight excluding hydrogens is 280 g/mol. The van der Waals surface area contributed by atoms with Crippen LogP contribution in [0.2, 0.25) is 0 Å². The van der Waals surface area contributed by atoms with Gasteiger partial charge in [-0.2, -0.15) is 0 Å². The van der Waals surface area contributed by atoms with Gasteiger partial charge in [-0.3, -0.25) is 0 Å². The van der Waals surface area contributed by atoms with Crippen molar-refractivity contribution in [3.05, 3.63) is 35.9 Å². The molecule has 0 unspecified atom stereocenters. The van der Waals surface area contributed by atoms with Crippen LogP contribution in [0.25, 0.3) is 0 Å². The fraction of sp³-hybridized carbons (Fsp3) is 0.588. The molecule has 5 nitrogen and oxygen atoms in total. The number of aliphatic hydroxyl groups is 1. The number of likely N-dealkylation sites (tertiary alicyclic amines) is 1. The number of β-amino-alcohol motifs (C(OH)–C–C–N with tert-alkyl or cyclic N) is 1. The molecule has 2 rings (SSSR count). The molecule has 122 valence electrons. The van der Waals surface area contributed by atoms with Crippen LogP contribution in [-0.2, 0) is 11.3 Å². The number of nitrogens with zero attached hydrogens (tertiary/aromatic N) is 2. The molecule has 1 N–H and O–H groups in total. The number of benzene rings is 1. The Morgan fingerprint density at radius 2 is 2.18 bits per heavy atom. The second-order valence-electron chi connectivity index (χ2n) is 5.76. The standard InChI is InChI=1S/C17H26N2O3/c1-2-19(13-16-8-9-18(12-16)10-11-20)17(21)22-14-15-6-4-3-5-7-15/h3-7,16,20H,2,8-14H2,1H3/t16-/m0/s1. The third-order valence-electron chi connectivity index (χ3n) is 4.11. The minimum absolute atomic E-state index is 0.198. The number of amides is 1. The van der Waals surface area contributed by atoms with E-state index >= 15 is 0 Å². The summed E-state index contributed by atoms with van der Waals surface area (Å²) >= 11 is 0. The number of hydrogen-bond acceptors (Lipinski definition) is 4. The molecule has 1 fully saturated rings. The molecule has 1 atom stereocenters. The van der Waals surface area contributed by atoms with Gasteiger partial charge in [0.1, 0.15) is 6.61 Å². The molecule has 1 aliphatic heterocycles. The zero-order valence-corrected chi connectivity index (χ0v) is 13.3. The zero-order valence-electron chi connectivity index (χ0n) is 13.3. The Bertz CT molecular complexity index is 452. The molecule has 0 spiro atoms. The van der Waals surface area contributed by atoms with Crippen LogP contribution in [0.3, 0.4) is 0 Å². The Labute approximate surface area is 132 Å². The van der Waals surface area contributed by atoms with Crippen molar-refractivity contribution in [2.75, 3.05) is 39.3 Å². The maximum atomic E-state index is 12.2. The smallest absolute Gasteiger partial charge is 0.410 e. The van der Waals surface area contributed by atoms with Crippen molar-refractivity contribution in [1.82, 2.24) is 9.80 Å². The lowest BCUT2D eigenvalue weighted by atomic mass is 10.1. The highest BCUT2D eigenvalue weighted by molar-refractivity contribution is 5.67. The highest BCUT2D eigenvalue weighted by Gasteiger charge is 2.25. The van der Waals surface area contributed by atoms with Crippen LogP contribution in [0.5, 0.6) is 0 Å². The molecule has 0 bridgehead atoms. The molecular formula is C17H26N2O3. The van der Waals surface area contributed by atoms with Crippen LogP contribution in [0.4, 0.5) is 4.79 Å². The van der Waals surface area contributed by atoms with Crippen molar-refractivity contribution in [1.29, 1.82) is 0 Å². The van der Waals surface area contributed by atoms with E-state index in [0.717, 1.165) is 38.2 Å². The molecule has 0 aromatic heterocycles. The molecule has 0 saturated carbocycles. The van der Waals surface area contributed by atoms with E-state index in [1.165, 1.54) is 0 Å². The van der Waals surface area contributed by atoms with Gasteiger partial charge in [0.2, 0.25) is 0 Å².